The molecule has 0 aliphatic carbocycles. The number of pyridine rings is 2. The quantitative estimate of drug-likeness (QED) is 0.227. The van der Waals surface area contributed by atoms with Crippen molar-refractivity contribution in [3.63, 3.8) is 0 Å². The molecule has 0 bridgehead atoms. The maximum absolute atomic E-state index is 13.6. The lowest BCUT2D eigenvalue weighted by Gasteiger charge is -2.31. The minimum atomic E-state index is -1.87. The predicted molar refractivity (Wildman–Crippen MR) is 124 cm³/mol. The molecule has 188 valence electrons. The fraction of sp³-hybridized carbons (Fsp3) is 0.269. The van der Waals surface area contributed by atoms with Crippen LogP contribution in [0.4, 0.5) is 0 Å². The number of aromatic nitrogens is 4. The SMILES string of the molecule is CC[C@@]1(O)C(=O)OCc2c1cc1n(c2=O)Cc2c-1nc1cc3c(cc1c2C[n+]1ccncc1)OCO3.[Cl-]. The van der Waals surface area contributed by atoms with Gasteiger partial charge < -0.3 is 36.3 Å². The second kappa shape index (κ2) is 8.25. The van der Waals surface area contributed by atoms with Crippen molar-refractivity contribution in [2.75, 3.05) is 6.79 Å². The molecule has 4 aromatic rings. The highest BCUT2D eigenvalue weighted by Gasteiger charge is 2.45. The van der Waals surface area contributed by atoms with Crippen LogP contribution in [0.25, 0.3) is 22.3 Å². The Hall–Kier alpha value is -4.02. The highest BCUT2D eigenvalue weighted by Crippen LogP contribution is 2.43. The molecule has 0 radical (unpaired) electrons. The molecule has 0 saturated heterocycles. The van der Waals surface area contributed by atoms with Gasteiger partial charge in [-0.25, -0.2) is 9.78 Å². The van der Waals surface area contributed by atoms with Crippen molar-refractivity contribution in [2.24, 2.45) is 0 Å². The van der Waals surface area contributed by atoms with E-state index in [2.05, 4.69) is 4.98 Å². The van der Waals surface area contributed by atoms with Gasteiger partial charge in [0.05, 0.1) is 41.4 Å². The van der Waals surface area contributed by atoms with Crippen LogP contribution in [0, 0.1) is 0 Å². The number of benzene rings is 1. The van der Waals surface area contributed by atoms with E-state index >= 15 is 0 Å². The Bertz CT molecular complexity index is 1670. The maximum atomic E-state index is 13.6. The highest BCUT2D eigenvalue weighted by atomic mass is 35.5. The Kier molecular flexibility index (Phi) is 5.22. The van der Waals surface area contributed by atoms with Crippen LogP contribution in [0.1, 0.15) is 35.6 Å². The van der Waals surface area contributed by atoms with E-state index in [1.807, 2.05) is 29.1 Å². The van der Waals surface area contributed by atoms with Crippen LogP contribution in [-0.4, -0.2) is 32.4 Å². The van der Waals surface area contributed by atoms with Gasteiger partial charge in [0.2, 0.25) is 6.79 Å². The lowest BCUT2D eigenvalue weighted by atomic mass is 9.86. The molecule has 0 saturated carbocycles. The minimum absolute atomic E-state index is 0. The van der Waals surface area contributed by atoms with Crippen molar-refractivity contribution in [1.29, 1.82) is 0 Å². The number of halogens is 1. The molecule has 0 spiro atoms. The molecule has 1 N–H and O–H groups in total. The van der Waals surface area contributed by atoms with Crippen LogP contribution in [0.3, 0.4) is 0 Å². The van der Waals surface area contributed by atoms with E-state index in [4.69, 9.17) is 19.2 Å². The summed E-state index contributed by atoms with van der Waals surface area (Å²) in [5.74, 6) is 0.521. The summed E-state index contributed by atoms with van der Waals surface area (Å²) in [6.07, 6.45) is 7.28. The highest BCUT2D eigenvalue weighted by molar-refractivity contribution is 5.91. The van der Waals surface area contributed by atoms with Gasteiger partial charge in [0, 0.05) is 28.1 Å². The summed E-state index contributed by atoms with van der Waals surface area (Å²) < 4.78 is 20.0. The van der Waals surface area contributed by atoms with Crippen LogP contribution in [0.5, 0.6) is 11.5 Å². The molecular formula is C26H21ClN4O6. The molecule has 37 heavy (non-hydrogen) atoms. The average molecular weight is 521 g/mol. The Balaban J connectivity index is 0.00000252. The van der Waals surface area contributed by atoms with Gasteiger partial charge in [-0.1, -0.05) is 6.92 Å². The van der Waals surface area contributed by atoms with Crippen molar-refractivity contribution in [2.45, 2.75) is 38.6 Å². The predicted octanol–water partition coefficient (Wildman–Crippen LogP) is -1.46. The summed E-state index contributed by atoms with van der Waals surface area (Å²) in [5, 5.41) is 12.0. The molecule has 3 aliphatic rings. The standard InChI is InChI=1S/C26H21N4O6.ClH/c1-2-26(33)18-8-20-23-16(11-30(20)24(31)17(18)12-34-25(26)32)15(10-29-5-3-27-4-6-29)14-7-21-22(36-13-35-21)9-19(14)28-23;/h3-9,33H,2,10-13H2,1H3;1H/q+1;/p-1/t26-;/m0./s1. The third-order valence-electron chi connectivity index (χ3n) is 7.33. The first-order valence-electron chi connectivity index (χ1n) is 11.7. The first kappa shape index (κ1) is 23.4. The Morgan fingerprint density at radius 1 is 1.08 bits per heavy atom. The van der Waals surface area contributed by atoms with Gasteiger partial charge >= 0.3 is 5.97 Å². The lowest BCUT2D eigenvalue weighted by Crippen LogP contribution is -3.00. The van der Waals surface area contributed by atoms with E-state index in [0.29, 0.717) is 52.6 Å². The summed E-state index contributed by atoms with van der Waals surface area (Å²) >= 11 is 0. The topological polar surface area (TPSA) is 117 Å². The molecule has 6 heterocycles. The van der Waals surface area contributed by atoms with E-state index in [1.165, 1.54) is 0 Å². The zero-order valence-corrected chi connectivity index (χ0v) is 20.5. The van der Waals surface area contributed by atoms with Crippen LogP contribution in [0.15, 0.2) is 47.8 Å². The molecule has 0 unspecified atom stereocenters. The summed E-state index contributed by atoms with van der Waals surface area (Å²) in [6, 6.07) is 5.50. The van der Waals surface area contributed by atoms with Crippen LogP contribution < -0.4 is 32.0 Å². The van der Waals surface area contributed by atoms with Crippen molar-refractivity contribution in [3.05, 3.63) is 75.6 Å². The first-order chi connectivity index (χ1) is 17.5. The van der Waals surface area contributed by atoms with Crippen molar-refractivity contribution in [1.82, 2.24) is 14.5 Å². The van der Waals surface area contributed by atoms with Crippen LogP contribution >= 0.6 is 0 Å². The summed E-state index contributed by atoms with van der Waals surface area (Å²) in [6.45, 7) is 2.51. The third-order valence-corrected chi connectivity index (χ3v) is 7.33. The number of carbonyl (C=O) groups excluding carboxylic acids is 1. The summed E-state index contributed by atoms with van der Waals surface area (Å²) in [4.78, 5) is 35.1. The van der Waals surface area contributed by atoms with Gasteiger partial charge in [-0.05, 0) is 18.6 Å². The molecule has 7 rings (SSSR count). The average Bonchev–Trinajstić information content (AvgIpc) is 3.50. The Labute approximate surface area is 216 Å². The smallest absolute Gasteiger partial charge is 0.343 e. The van der Waals surface area contributed by atoms with Crippen LogP contribution in [-0.2, 0) is 34.8 Å². The van der Waals surface area contributed by atoms with E-state index in [-0.39, 0.29) is 37.8 Å². The fourth-order valence-corrected chi connectivity index (χ4v) is 5.37. The Morgan fingerprint density at radius 3 is 2.59 bits per heavy atom. The first-order valence-corrected chi connectivity index (χ1v) is 11.7. The van der Waals surface area contributed by atoms with Gasteiger partial charge in [0.1, 0.15) is 6.61 Å². The number of esters is 1. The van der Waals surface area contributed by atoms with E-state index in [9.17, 15) is 14.7 Å². The van der Waals surface area contributed by atoms with Crippen molar-refractivity contribution >= 4 is 16.9 Å². The zero-order valence-electron chi connectivity index (χ0n) is 19.7. The number of nitrogens with zero attached hydrogens (tertiary/aromatic N) is 4. The fourth-order valence-electron chi connectivity index (χ4n) is 5.37. The second-order valence-corrected chi connectivity index (χ2v) is 9.16. The third kappa shape index (κ3) is 3.25. The second-order valence-electron chi connectivity index (χ2n) is 9.16. The van der Waals surface area contributed by atoms with E-state index in [1.54, 1.807) is 30.0 Å². The molecule has 10 nitrogen and oxygen atoms in total. The molecular weight excluding hydrogens is 500 g/mol. The Morgan fingerprint density at radius 2 is 1.84 bits per heavy atom. The number of hydrogen-bond acceptors (Lipinski definition) is 8. The number of cyclic esters (lactones) is 1. The molecule has 0 amide bonds. The van der Waals surface area contributed by atoms with Gasteiger partial charge in [-0.2, -0.15) is 4.57 Å². The van der Waals surface area contributed by atoms with Gasteiger partial charge in [0.15, 0.2) is 36.0 Å². The van der Waals surface area contributed by atoms with Gasteiger partial charge in [-0.3, -0.25) is 9.78 Å². The van der Waals surface area contributed by atoms with Gasteiger partial charge in [0.25, 0.3) is 5.56 Å². The van der Waals surface area contributed by atoms with Gasteiger partial charge in [-0.15, -0.1) is 0 Å². The van der Waals surface area contributed by atoms with Crippen molar-refractivity contribution in [3.8, 4) is 22.9 Å². The number of rotatable bonds is 3. The normalized spacial score (nSPS) is 18.6. The van der Waals surface area contributed by atoms with Crippen LogP contribution in [0.2, 0.25) is 0 Å². The molecule has 0 fully saturated rings. The largest absolute Gasteiger partial charge is 1.00 e. The number of fused-ring (bicyclic) bond motifs is 6. The monoisotopic (exact) mass is 520 g/mol. The molecule has 3 aromatic heterocycles. The lowest BCUT2D eigenvalue weighted by molar-refractivity contribution is -0.688. The summed E-state index contributed by atoms with van der Waals surface area (Å²) in [5.41, 5.74) is 2.23. The number of carbonyl (C=O) groups is 1. The van der Waals surface area contributed by atoms with E-state index < -0.39 is 11.6 Å². The summed E-state index contributed by atoms with van der Waals surface area (Å²) in [7, 11) is 0. The number of hydrogen-bond donors (Lipinski definition) is 1. The zero-order chi connectivity index (χ0) is 24.6. The number of ether oxygens (including phenoxy) is 3. The van der Waals surface area contributed by atoms with Crippen molar-refractivity contribution < 1.29 is 41.1 Å². The molecule has 3 aliphatic heterocycles. The molecule has 11 heteroatoms. The maximum Gasteiger partial charge on any atom is 0.343 e. The minimum Gasteiger partial charge on any atom is -1.00 e. The molecule has 1 aromatic carbocycles. The van der Waals surface area contributed by atoms with E-state index in [0.717, 1.165) is 16.5 Å². The number of aliphatic hydroxyl groups is 1. The molecule has 1 atom stereocenters.